The Morgan fingerprint density at radius 2 is 1.80 bits per heavy atom. The van der Waals surface area contributed by atoms with Crippen LogP contribution in [0.4, 0.5) is 5.69 Å². The summed E-state index contributed by atoms with van der Waals surface area (Å²) in [6.07, 6.45) is 4.04. The van der Waals surface area contributed by atoms with E-state index in [0.717, 1.165) is 16.7 Å². The molecule has 30 heavy (non-hydrogen) atoms. The van der Waals surface area contributed by atoms with Crippen LogP contribution in [-0.2, 0) is 4.74 Å². The predicted octanol–water partition coefficient (Wildman–Crippen LogP) is 4.89. The summed E-state index contributed by atoms with van der Waals surface area (Å²) in [5.74, 6) is 1.05. The average Bonchev–Trinajstić information content (AvgIpc) is 3.33. The van der Waals surface area contributed by atoms with Crippen LogP contribution in [0.3, 0.4) is 0 Å². The first kappa shape index (κ1) is 19.5. The molecule has 0 fully saturated rings. The van der Waals surface area contributed by atoms with E-state index < -0.39 is 0 Å². The molecule has 1 N–H and O–H groups in total. The van der Waals surface area contributed by atoms with Gasteiger partial charge in [-0.1, -0.05) is 54.6 Å². The Balaban J connectivity index is 1.66. The van der Waals surface area contributed by atoms with Crippen molar-refractivity contribution in [2.75, 3.05) is 25.6 Å². The van der Waals surface area contributed by atoms with Crippen LogP contribution in [0.15, 0.2) is 77.8 Å². The predicted molar refractivity (Wildman–Crippen MR) is 120 cm³/mol. The molecule has 1 heterocycles. The third-order valence-corrected chi connectivity index (χ3v) is 4.75. The highest BCUT2D eigenvalue weighted by Crippen LogP contribution is 2.26. The first-order valence-electron chi connectivity index (χ1n) is 9.74. The summed E-state index contributed by atoms with van der Waals surface area (Å²) >= 11 is 0. The number of aliphatic imine (C=N–C) groups is 1. The van der Waals surface area contributed by atoms with E-state index in [0.29, 0.717) is 36.0 Å². The van der Waals surface area contributed by atoms with E-state index in [2.05, 4.69) is 10.3 Å². The molecule has 1 aliphatic heterocycles. The second-order valence-corrected chi connectivity index (χ2v) is 6.73. The van der Waals surface area contributed by atoms with Gasteiger partial charge in [-0.25, -0.2) is 4.99 Å². The molecule has 5 nitrogen and oxygen atoms in total. The van der Waals surface area contributed by atoms with Crippen molar-refractivity contribution in [3.05, 3.63) is 95.1 Å². The zero-order valence-corrected chi connectivity index (χ0v) is 16.7. The van der Waals surface area contributed by atoms with Gasteiger partial charge in [-0.2, -0.15) is 0 Å². The Bertz CT molecular complexity index is 1090. The zero-order chi connectivity index (χ0) is 20.8. The van der Waals surface area contributed by atoms with Crippen molar-refractivity contribution in [1.82, 2.24) is 0 Å². The number of methoxy groups -OCH3 is 1. The summed E-state index contributed by atoms with van der Waals surface area (Å²) < 4.78 is 10.9. The molecule has 3 aromatic carbocycles. The number of hydrogen-bond acceptors (Lipinski definition) is 4. The molecule has 0 bridgehead atoms. The maximum atomic E-state index is 12.8. The molecule has 0 aromatic heterocycles. The molecule has 0 aliphatic carbocycles. The normalized spacial score (nSPS) is 13.0. The number of carbonyl (C=O) groups excluding carboxylic acids is 1. The van der Waals surface area contributed by atoms with Crippen molar-refractivity contribution in [1.29, 1.82) is 0 Å². The van der Waals surface area contributed by atoms with Gasteiger partial charge in [0, 0.05) is 5.56 Å². The van der Waals surface area contributed by atoms with Crippen molar-refractivity contribution in [3.8, 4) is 5.75 Å². The van der Waals surface area contributed by atoms with Crippen molar-refractivity contribution >= 4 is 29.6 Å². The molecule has 150 valence electrons. The lowest BCUT2D eigenvalue weighted by atomic mass is 10.0. The van der Waals surface area contributed by atoms with Crippen LogP contribution < -0.4 is 10.1 Å². The molecular weight excluding hydrogens is 376 g/mol. The van der Waals surface area contributed by atoms with Gasteiger partial charge in [0.2, 0.25) is 5.90 Å². The Labute approximate surface area is 175 Å². The van der Waals surface area contributed by atoms with Crippen LogP contribution in [0.5, 0.6) is 5.75 Å². The first-order chi connectivity index (χ1) is 14.7. The quantitative estimate of drug-likeness (QED) is 0.601. The van der Waals surface area contributed by atoms with E-state index in [1.807, 2.05) is 60.7 Å². The van der Waals surface area contributed by atoms with Crippen LogP contribution >= 0.6 is 0 Å². The fourth-order valence-corrected chi connectivity index (χ4v) is 3.23. The number of benzene rings is 3. The first-order valence-corrected chi connectivity index (χ1v) is 9.74. The zero-order valence-electron chi connectivity index (χ0n) is 16.7. The lowest BCUT2D eigenvalue weighted by molar-refractivity contribution is 0.102. The second kappa shape index (κ2) is 9.09. The van der Waals surface area contributed by atoms with Gasteiger partial charge in [-0.15, -0.1) is 0 Å². The number of anilines is 1. The molecule has 1 amide bonds. The number of amides is 1. The summed E-state index contributed by atoms with van der Waals surface area (Å²) in [5.41, 5.74) is 3.99. The van der Waals surface area contributed by atoms with Gasteiger partial charge < -0.3 is 14.8 Å². The second-order valence-electron chi connectivity index (χ2n) is 6.73. The van der Waals surface area contributed by atoms with E-state index in [1.165, 1.54) is 0 Å². The topological polar surface area (TPSA) is 59.9 Å². The van der Waals surface area contributed by atoms with Crippen LogP contribution in [0.2, 0.25) is 0 Å². The Morgan fingerprint density at radius 1 is 1.00 bits per heavy atom. The number of ether oxygens (including phenoxy) is 2. The van der Waals surface area contributed by atoms with E-state index in [4.69, 9.17) is 9.47 Å². The molecule has 0 unspecified atom stereocenters. The number of hydrogen-bond donors (Lipinski definition) is 1. The maximum Gasteiger partial charge on any atom is 0.255 e. The highest BCUT2D eigenvalue weighted by molar-refractivity contribution is 6.11. The molecule has 1 aliphatic rings. The van der Waals surface area contributed by atoms with Gasteiger partial charge in [0.15, 0.2) is 0 Å². The van der Waals surface area contributed by atoms with Crippen LogP contribution in [0.1, 0.15) is 27.0 Å². The maximum absolute atomic E-state index is 12.8. The van der Waals surface area contributed by atoms with Gasteiger partial charge in [0.25, 0.3) is 5.91 Å². The Kier molecular flexibility index (Phi) is 5.90. The van der Waals surface area contributed by atoms with Crippen molar-refractivity contribution < 1.29 is 14.3 Å². The lowest BCUT2D eigenvalue weighted by Crippen LogP contribution is -2.16. The van der Waals surface area contributed by atoms with E-state index in [-0.39, 0.29) is 5.91 Å². The fourth-order valence-electron chi connectivity index (χ4n) is 3.23. The van der Waals surface area contributed by atoms with Crippen LogP contribution in [0, 0.1) is 0 Å². The largest absolute Gasteiger partial charge is 0.497 e. The highest BCUT2D eigenvalue weighted by atomic mass is 16.5. The minimum Gasteiger partial charge on any atom is -0.497 e. The summed E-state index contributed by atoms with van der Waals surface area (Å²) in [7, 11) is 1.60. The summed E-state index contributed by atoms with van der Waals surface area (Å²) in [5, 5.41) is 3.01. The minimum atomic E-state index is -0.207. The third kappa shape index (κ3) is 4.41. The number of nitrogens with one attached hydrogen (secondary N) is 1. The lowest BCUT2D eigenvalue weighted by Gasteiger charge is -2.14. The molecule has 0 saturated carbocycles. The fraction of sp³-hybridized carbons (Fsp3) is 0.120. The average molecular weight is 398 g/mol. The van der Waals surface area contributed by atoms with Gasteiger partial charge in [0.1, 0.15) is 12.4 Å². The molecule has 0 spiro atoms. The Hall–Kier alpha value is -3.86. The van der Waals surface area contributed by atoms with E-state index in [9.17, 15) is 4.79 Å². The molecule has 4 rings (SSSR count). The molecule has 0 saturated heterocycles. The van der Waals surface area contributed by atoms with Crippen molar-refractivity contribution in [2.24, 2.45) is 4.99 Å². The third-order valence-electron chi connectivity index (χ3n) is 4.75. The number of carbonyl (C=O) groups is 1. The van der Waals surface area contributed by atoms with Gasteiger partial charge in [-0.05, 0) is 41.5 Å². The summed E-state index contributed by atoms with van der Waals surface area (Å²) in [4.78, 5) is 17.3. The molecule has 3 aromatic rings. The van der Waals surface area contributed by atoms with Crippen molar-refractivity contribution in [2.45, 2.75) is 0 Å². The standard InChI is InChI=1S/C25H22N2O3/c1-29-21-14-12-20(13-15-21)24(28)27-22-9-5-8-19(23(22)25-26-16-17-30-25)11-10-18-6-3-2-4-7-18/h2-15H,16-17H2,1H3,(H,27,28)/b11-10+. The molecule has 0 atom stereocenters. The molecular formula is C25H22N2O3. The summed E-state index contributed by atoms with van der Waals surface area (Å²) in [6.45, 7) is 1.15. The highest BCUT2D eigenvalue weighted by Gasteiger charge is 2.19. The Morgan fingerprint density at radius 3 is 2.50 bits per heavy atom. The summed E-state index contributed by atoms with van der Waals surface area (Å²) in [6, 6.07) is 22.8. The van der Waals surface area contributed by atoms with Gasteiger partial charge in [0.05, 0.1) is 24.9 Å². The molecule has 5 heteroatoms. The van der Waals surface area contributed by atoms with E-state index >= 15 is 0 Å². The van der Waals surface area contributed by atoms with Crippen LogP contribution in [0.25, 0.3) is 12.2 Å². The minimum absolute atomic E-state index is 0.207. The van der Waals surface area contributed by atoms with E-state index in [1.54, 1.807) is 31.4 Å². The van der Waals surface area contributed by atoms with Crippen LogP contribution in [-0.4, -0.2) is 32.1 Å². The number of nitrogens with zero attached hydrogens (tertiary/aromatic N) is 1. The smallest absolute Gasteiger partial charge is 0.255 e. The monoisotopic (exact) mass is 398 g/mol. The molecule has 0 radical (unpaired) electrons. The van der Waals surface area contributed by atoms with Crippen molar-refractivity contribution in [3.63, 3.8) is 0 Å². The van der Waals surface area contributed by atoms with Gasteiger partial charge in [-0.3, -0.25) is 4.79 Å². The SMILES string of the molecule is COc1ccc(C(=O)Nc2cccc(/C=C/c3ccccc3)c2C2=NCCO2)cc1. The number of rotatable bonds is 6. The van der Waals surface area contributed by atoms with Gasteiger partial charge >= 0.3 is 0 Å².